The van der Waals surface area contributed by atoms with Crippen molar-refractivity contribution >= 4 is 15.9 Å². The molecule has 0 aliphatic carbocycles. The summed E-state index contributed by atoms with van der Waals surface area (Å²) in [6.07, 6.45) is 2.17. The Morgan fingerprint density at radius 3 is 2.44 bits per heavy atom. The summed E-state index contributed by atoms with van der Waals surface area (Å²) < 4.78 is 6.53. The van der Waals surface area contributed by atoms with Crippen molar-refractivity contribution < 1.29 is 4.74 Å². The Hall–Kier alpha value is -0.380. The Morgan fingerprint density at radius 2 is 2.00 bits per heavy atom. The van der Waals surface area contributed by atoms with Crippen molar-refractivity contribution in [2.24, 2.45) is 5.73 Å². The normalized spacial score (nSPS) is 20.2. The van der Waals surface area contributed by atoms with Gasteiger partial charge in [0.05, 0.1) is 13.2 Å². The van der Waals surface area contributed by atoms with Gasteiger partial charge in [0.25, 0.3) is 0 Å². The molecule has 16 heavy (non-hydrogen) atoms. The lowest BCUT2D eigenvalue weighted by Crippen LogP contribution is -2.47. The molecular formula is C13H18BrNO. The van der Waals surface area contributed by atoms with Crippen LogP contribution in [-0.2, 0) is 10.2 Å². The van der Waals surface area contributed by atoms with Crippen molar-refractivity contribution in [1.82, 2.24) is 0 Å². The summed E-state index contributed by atoms with van der Waals surface area (Å²) in [5, 5.41) is 0. The first kappa shape index (κ1) is 12.1. The van der Waals surface area contributed by atoms with Crippen LogP contribution >= 0.6 is 15.9 Å². The maximum absolute atomic E-state index is 5.83. The van der Waals surface area contributed by atoms with Crippen molar-refractivity contribution in [3.8, 4) is 0 Å². The van der Waals surface area contributed by atoms with E-state index in [9.17, 15) is 0 Å². The number of hydrogen-bond donors (Lipinski definition) is 1. The second-order valence-electron chi connectivity index (χ2n) is 4.80. The Bertz CT molecular complexity index is 343. The summed E-state index contributed by atoms with van der Waals surface area (Å²) in [5.41, 5.74) is 7.43. The van der Waals surface area contributed by atoms with Crippen LogP contribution < -0.4 is 5.73 Å². The predicted octanol–water partition coefficient (Wildman–Crippen LogP) is 2.84. The molecule has 1 saturated heterocycles. The van der Waals surface area contributed by atoms with Crippen LogP contribution in [0, 0.1) is 0 Å². The quantitative estimate of drug-likeness (QED) is 0.922. The van der Waals surface area contributed by atoms with Gasteiger partial charge in [0.2, 0.25) is 0 Å². The Balaban J connectivity index is 2.11. The number of hydrogen-bond acceptors (Lipinski definition) is 2. The molecule has 1 unspecified atom stereocenters. The van der Waals surface area contributed by atoms with Crippen LogP contribution in [0.5, 0.6) is 0 Å². The lowest BCUT2D eigenvalue weighted by molar-refractivity contribution is -0.0656. The maximum Gasteiger partial charge on any atom is 0.0585 e. The summed E-state index contributed by atoms with van der Waals surface area (Å²) >= 11 is 3.46. The summed E-state index contributed by atoms with van der Waals surface area (Å²) in [7, 11) is 0. The van der Waals surface area contributed by atoms with Gasteiger partial charge in [-0.2, -0.15) is 0 Å². The van der Waals surface area contributed by atoms with E-state index in [-0.39, 0.29) is 11.5 Å². The third-order valence-corrected chi connectivity index (χ3v) is 3.82. The highest BCUT2D eigenvalue weighted by Crippen LogP contribution is 2.37. The zero-order chi connectivity index (χ0) is 11.6. The predicted molar refractivity (Wildman–Crippen MR) is 69.5 cm³/mol. The average Bonchev–Trinajstić information content (AvgIpc) is 2.18. The van der Waals surface area contributed by atoms with Gasteiger partial charge in [-0.3, -0.25) is 0 Å². The molecule has 1 aliphatic heterocycles. The van der Waals surface area contributed by atoms with E-state index in [0.29, 0.717) is 0 Å². The molecule has 0 aromatic heterocycles. The number of benzene rings is 1. The zero-order valence-corrected chi connectivity index (χ0v) is 11.2. The first-order chi connectivity index (χ1) is 7.62. The maximum atomic E-state index is 5.83. The van der Waals surface area contributed by atoms with Gasteiger partial charge in [-0.1, -0.05) is 28.1 Å². The molecule has 2 nitrogen and oxygen atoms in total. The first-order valence-corrected chi connectivity index (χ1v) is 6.51. The monoisotopic (exact) mass is 283 g/mol. The number of rotatable bonds is 4. The molecular weight excluding hydrogens is 266 g/mol. The van der Waals surface area contributed by atoms with Crippen LogP contribution in [0.15, 0.2) is 28.7 Å². The lowest BCUT2D eigenvalue weighted by atomic mass is 9.74. The van der Waals surface area contributed by atoms with Gasteiger partial charge in [-0.25, -0.2) is 0 Å². The van der Waals surface area contributed by atoms with Gasteiger partial charge >= 0.3 is 0 Å². The third kappa shape index (κ3) is 2.47. The van der Waals surface area contributed by atoms with Crippen LogP contribution in [0.1, 0.15) is 25.3 Å². The highest BCUT2D eigenvalue weighted by Gasteiger charge is 2.39. The molecule has 1 atom stereocenters. The van der Waals surface area contributed by atoms with Crippen LogP contribution in [0.25, 0.3) is 0 Å². The molecule has 1 heterocycles. The third-order valence-electron chi connectivity index (χ3n) is 3.29. The van der Waals surface area contributed by atoms with Crippen molar-refractivity contribution in [2.45, 2.75) is 31.2 Å². The van der Waals surface area contributed by atoms with Crippen molar-refractivity contribution in [2.75, 3.05) is 13.2 Å². The molecule has 0 radical (unpaired) electrons. The van der Waals surface area contributed by atoms with Crippen molar-refractivity contribution in [1.29, 1.82) is 0 Å². The zero-order valence-electron chi connectivity index (χ0n) is 9.58. The molecule has 3 heteroatoms. The summed E-state index contributed by atoms with van der Waals surface area (Å²) in [6.45, 7) is 3.73. The number of ether oxygens (including phenoxy) is 1. The average molecular weight is 284 g/mol. The largest absolute Gasteiger partial charge is 0.379 e. The van der Waals surface area contributed by atoms with Gasteiger partial charge in [-0.15, -0.1) is 0 Å². The fourth-order valence-electron chi connectivity index (χ4n) is 2.11. The van der Waals surface area contributed by atoms with Crippen LogP contribution in [-0.4, -0.2) is 19.3 Å². The summed E-state index contributed by atoms with van der Waals surface area (Å²) in [5.74, 6) is 0. The highest BCUT2D eigenvalue weighted by atomic mass is 79.9. The SMILES string of the molecule is CC(N)CCC1(c2ccc(Br)cc2)COC1. The van der Waals surface area contributed by atoms with Gasteiger partial charge < -0.3 is 10.5 Å². The Morgan fingerprint density at radius 1 is 1.38 bits per heavy atom. The van der Waals surface area contributed by atoms with Crippen molar-refractivity contribution in [3.05, 3.63) is 34.3 Å². The molecule has 0 spiro atoms. The van der Waals surface area contributed by atoms with Crippen molar-refractivity contribution in [3.63, 3.8) is 0 Å². The number of nitrogens with two attached hydrogens (primary N) is 1. The van der Waals surface area contributed by atoms with Crippen LogP contribution in [0.4, 0.5) is 0 Å². The van der Waals surface area contributed by atoms with E-state index in [1.807, 2.05) is 0 Å². The lowest BCUT2D eigenvalue weighted by Gasteiger charge is -2.42. The van der Waals surface area contributed by atoms with E-state index in [1.165, 1.54) is 5.56 Å². The molecule has 0 saturated carbocycles. The second-order valence-corrected chi connectivity index (χ2v) is 5.71. The minimum Gasteiger partial charge on any atom is -0.379 e. The minimum atomic E-state index is 0.217. The van der Waals surface area contributed by atoms with E-state index in [4.69, 9.17) is 10.5 Å². The molecule has 1 aliphatic rings. The van der Waals surface area contributed by atoms with Gasteiger partial charge in [0, 0.05) is 15.9 Å². The van der Waals surface area contributed by atoms with Crippen LogP contribution in [0.3, 0.4) is 0 Å². The van der Waals surface area contributed by atoms with E-state index in [1.54, 1.807) is 0 Å². The van der Waals surface area contributed by atoms with E-state index in [0.717, 1.165) is 30.5 Å². The summed E-state index contributed by atoms with van der Waals surface area (Å²) in [4.78, 5) is 0. The smallest absolute Gasteiger partial charge is 0.0585 e. The number of halogens is 1. The first-order valence-electron chi connectivity index (χ1n) is 5.72. The van der Waals surface area contributed by atoms with Gasteiger partial charge in [0.1, 0.15) is 0 Å². The Kier molecular flexibility index (Phi) is 3.67. The van der Waals surface area contributed by atoms with Gasteiger partial charge in [-0.05, 0) is 37.5 Å². The standard InChI is InChI=1S/C13H18BrNO/c1-10(15)6-7-13(8-16-9-13)11-2-4-12(14)5-3-11/h2-5,10H,6-9,15H2,1H3. The molecule has 0 bridgehead atoms. The minimum absolute atomic E-state index is 0.217. The van der Waals surface area contributed by atoms with E-state index < -0.39 is 0 Å². The topological polar surface area (TPSA) is 35.2 Å². The molecule has 88 valence electrons. The molecule has 1 aromatic carbocycles. The van der Waals surface area contributed by atoms with E-state index >= 15 is 0 Å². The second kappa shape index (κ2) is 4.86. The van der Waals surface area contributed by atoms with Gasteiger partial charge in [0.15, 0.2) is 0 Å². The highest BCUT2D eigenvalue weighted by molar-refractivity contribution is 9.10. The Labute approximate surface area is 105 Å². The van der Waals surface area contributed by atoms with Crippen LogP contribution in [0.2, 0.25) is 0 Å². The molecule has 1 fully saturated rings. The fraction of sp³-hybridized carbons (Fsp3) is 0.538. The molecule has 1 aromatic rings. The molecule has 0 amide bonds. The molecule has 2 N–H and O–H groups in total. The molecule has 2 rings (SSSR count). The summed E-state index contributed by atoms with van der Waals surface area (Å²) in [6, 6.07) is 8.84. The fourth-order valence-corrected chi connectivity index (χ4v) is 2.38. The van der Waals surface area contributed by atoms with E-state index in [2.05, 4.69) is 47.1 Å².